The van der Waals surface area contributed by atoms with Gasteiger partial charge in [0.05, 0.1) is 0 Å². The summed E-state index contributed by atoms with van der Waals surface area (Å²) in [5, 5.41) is 5.04. The second-order valence-corrected chi connectivity index (χ2v) is 7.40. The minimum atomic E-state index is -0.761. The number of para-hydroxylation sites is 1. The molecule has 1 heterocycles. The second-order valence-electron chi connectivity index (χ2n) is 6.42. The topological polar surface area (TPSA) is 49.4 Å². The van der Waals surface area contributed by atoms with Gasteiger partial charge in [0.2, 0.25) is 5.91 Å². The van der Waals surface area contributed by atoms with Gasteiger partial charge < -0.3 is 5.32 Å². The van der Waals surface area contributed by atoms with Crippen LogP contribution in [0.1, 0.15) is 43.0 Å². The lowest BCUT2D eigenvalue weighted by Crippen LogP contribution is -2.46. The van der Waals surface area contributed by atoms with Crippen molar-refractivity contribution in [1.82, 2.24) is 5.32 Å². The lowest BCUT2D eigenvalue weighted by atomic mass is 9.95. The summed E-state index contributed by atoms with van der Waals surface area (Å²) in [6.45, 7) is 0. The van der Waals surface area contributed by atoms with Gasteiger partial charge in [-0.25, -0.2) is 0 Å². The van der Waals surface area contributed by atoms with Gasteiger partial charge in [-0.2, -0.15) is 0 Å². The van der Waals surface area contributed by atoms with Gasteiger partial charge >= 0.3 is 5.91 Å². The van der Waals surface area contributed by atoms with Crippen LogP contribution in [0.4, 0.5) is 5.69 Å². The molecule has 0 saturated heterocycles. The highest BCUT2D eigenvalue weighted by atomic mass is 32.1. The van der Waals surface area contributed by atoms with Gasteiger partial charge in [-0.1, -0.05) is 43.5 Å². The molecular weight excluding hydrogens is 344 g/mol. The first kappa shape index (κ1) is 18.2. The molecule has 4 nitrogen and oxygen atoms in total. The average molecular weight is 366 g/mol. The molecule has 0 aliphatic heterocycles. The monoisotopic (exact) mass is 366 g/mol. The van der Waals surface area contributed by atoms with E-state index in [-0.39, 0.29) is 11.9 Å². The van der Waals surface area contributed by atoms with Crippen LogP contribution < -0.4 is 10.2 Å². The maximum atomic E-state index is 13.2. The first-order chi connectivity index (χ1) is 12.7. The van der Waals surface area contributed by atoms with Crippen molar-refractivity contribution in [2.24, 2.45) is 0 Å². The summed E-state index contributed by atoms with van der Waals surface area (Å²) in [4.78, 5) is 28.0. The Morgan fingerprint density at radius 2 is 1.85 bits per heavy atom. The molecule has 2 aromatic rings. The molecule has 1 fully saturated rings. The van der Waals surface area contributed by atoms with Crippen LogP contribution >= 0.6 is 11.3 Å². The zero-order valence-electron chi connectivity index (χ0n) is 14.6. The molecule has 134 valence electrons. The fraction of sp³-hybridized carbons (Fsp3) is 0.333. The number of carbonyl (C=O) groups excluding carboxylic acids is 2. The molecule has 5 heteroatoms. The van der Waals surface area contributed by atoms with E-state index in [4.69, 9.17) is 6.42 Å². The molecule has 1 atom stereocenters. The molecule has 1 aromatic carbocycles. The third kappa shape index (κ3) is 4.14. The molecule has 1 N–H and O–H groups in total. The third-order valence-electron chi connectivity index (χ3n) is 4.65. The van der Waals surface area contributed by atoms with Gasteiger partial charge in [0.15, 0.2) is 6.04 Å². The number of hydrogen-bond donors (Lipinski definition) is 1. The van der Waals surface area contributed by atoms with Crippen molar-refractivity contribution in [3.63, 3.8) is 0 Å². The number of amides is 2. The van der Waals surface area contributed by atoms with Crippen LogP contribution in [0.2, 0.25) is 0 Å². The van der Waals surface area contributed by atoms with Gasteiger partial charge in [0.1, 0.15) is 0 Å². The number of rotatable bonds is 5. The molecule has 1 aliphatic rings. The van der Waals surface area contributed by atoms with Gasteiger partial charge in [-0.05, 0) is 42.3 Å². The predicted molar refractivity (Wildman–Crippen MR) is 105 cm³/mol. The molecule has 0 unspecified atom stereocenters. The summed E-state index contributed by atoms with van der Waals surface area (Å²) in [5.74, 6) is 1.48. The van der Waals surface area contributed by atoms with E-state index >= 15 is 0 Å². The Morgan fingerprint density at radius 1 is 1.12 bits per heavy atom. The normalized spacial score (nSPS) is 15.7. The molecule has 1 saturated carbocycles. The van der Waals surface area contributed by atoms with E-state index in [1.807, 2.05) is 35.7 Å². The minimum Gasteiger partial charge on any atom is -0.351 e. The van der Waals surface area contributed by atoms with E-state index in [2.05, 4.69) is 11.2 Å². The van der Waals surface area contributed by atoms with E-state index in [0.717, 1.165) is 30.6 Å². The fourth-order valence-electron chi connectivity index (χ4n) is 3.39. The molecule has 26 heavy (non-hydrogen) atoms. The van der Waals surface area contributed by atoms with Crippen LogP contribution in [-0.2, 0) is 9.59 Å². The molecular formula is C21H22N2O2S. The van der Waals surface area contributed by atoms with Crippen LogP contribution in [0.15, 0.2) is 47.8 Å². The Bertz CT molecular complexity index is 774. The van der Waals surface area contributed by atoms with E-state index < -0.39 is 11.9 Å². The second kappa shape index (κ2) is 8.68. The van der Waals surface area contributed by atoms with Crippen LogP contribution in [0.3, 0.4) is 0 Å². The predicted octanol–water partition coefficient (Wildman–Crippen LogP) is 3.90. The highest BCUT2D eigenvalue weighted by Gasteiger charge is 2.34. The van der Waals surface area contributed by atoms with Gasteiger partial charge in [-0.3, -0.25) is 14.5 Å². The van der Waals surface area contributed by atoms with Gasteiger partial charge in [0, 0.05) is 16.6 Å². The zero-order valence-corrected chi connectivity index (χ0v) is 15.4. The van der Waals surface area contributed by atoms with E-state index in [1.54, 1.807) is 12.1 Å². The number of benzene rings is 1. The number of nitrogens with one attached hydrogen (secondary N) is 1. The number of carbonyl (C=O) groups is 2. The number of nitrogens with zero attached hydrogens (tertiary/aromatic N) is 1. The number of terminal acetylenes is 1. The Morgan fingerprint density at radius 3 is 2.46 bits per heavy atom. The summed E-state index contributed by atoms with van der Waals surface area (Å²) in [5.41, 5.74) is 0.618. The summed E-state index contributed by atoms with van der Waals surface area (Å²) in [6.07, 6.45) is 10.8. The largest absolute Gasteiger partial charge is 0.351 e. The van der Waals surface area contributed by atoms with E-state index in [1.165, 1.54) is 22.7 Å². The zero-order chi connectivity index (χ0) is 18.4. The maximum absolute atomic E-state index is 13.2. The Balaban J connectivity index is 1.94. The lowest BCUT2D eigenvalue weighted by molar-refractivity contribution is -0.125. The molecule has 3 rings (SSSR count). The highest BCUT2D eigenvalue weighted by molar-refractivity contribution is 7.10. The average Bonchev–Trinajstić information content (AvgIpc) is 3.21. The number of anilines is 1. The summed E-state index contributed by atoms with van der Waals surface area (Å²) >= 11 is 1.45. The van der Waals surface area contributed by atoms with E-state index in [9.17, 15) is 9.59 Å². The van der Waals surface area contributed by atoms with Crippen molar-refractivity contribution in [2.75, 3.05) is 4.90 Å². The molecule has 0 radical (unpaired) electrons. The molecule has 0 bridgehead atoms. The highest BCUT2D eigenvalue weighted by Crippen LogP contribution is 2.31. The van der Waals surface area contributed by atoms with Crippen LogP contribution in [0.5, 0.6) is 0 Å². The summed E-state index contributed by atoms with van der Waals surface area (Å²) in [7, 11) is 0. The summed E-state index contributed by atoms with van der Waals surface area (Å²) in [6, 6.07) is 12.3. The Hall–Kier alpha value is -2.58. The van der Waals surface area contributed by atoms with Crippen molar-refractivity contribution >= 4 is 28.8 Å². The standard InChI is InChI=1S/C21H22N2O2S/c1-2-19(24)23(17-12-7-4-8-13-17)20(18-14-9-15-26-18)21(25)22-16-10-5-3-6-11-16/h1,4,7-9,12-16,20H,3,5-6,10-11H2,(H,22,25)/t20-/m1/s1. The van der Waals surface area contributed by atoms with Crippen molar-refractivity contribution in [2.45, 2.75) is 44.2 Å². The van der Waals surface area contributed by atoms with Crippen molar-refractivity contribution in [3.8, 4) is 12.3 Å². The Kier molecular flexibility index (Phi) is 6.08. The Labute approximate surface area is 158 Å². The number of thiophene rings is 1. The van der Waals surface area contributed by atoms with Crippen molar-refractivity contribution in [3.05, 3.63) is 52.7 Å². The smallest absolute Gasteiger partial charge is 0.303 e. The van der Waals surface area contributed by atoms with Gasteiger partial charge in [0.25, 0.3) is 0 Å². The molecule has 2 amide bonds. The SMILES string of the molecule is C#CC(=O)N(c1ccccc1)[C@@H](C(=O)NC1CCCCC1)c1cccs1. The van der Waals surface area contributed by atoms with Crippen molar-refractivity contribution in [1.29, 1.82) is 0 Å². The molecule has 1 aliphatic carbocycles. The van der Waals surface area contributed by atoms with E-state index in [0.29, 0.717) is 5.69 Å². The summed E-state index contributed by atoms with van der Waals surface area (Å²) < 4.78 is 0. The first-order valence-electron chi connectivity index (χ1n) is 8.89. The molecule has 0 spiro atoms. The lowest BCUT2D eigenvalue weighted by Gasteiger charge is -2.31. The molecule has 1 aromatic heterocycles. The minimum absolute atomic E-state index is 0.164. The first-order valence-corrected chi connectivity index (χ1v) is 9.77. The van der Waals surface area contributed by atoms with Crippen LogP contribution in [0, 0.1) is 12.3 Å². The van der Waals surface area contributed by atoms with Crippen LogP contribution in [0.25, 0.3) is 0 Å². The van der Waals surface area contributed by atoms with Crippen LogP contribution in [-0.4, -0.2) is 17.9 Å². The number of hydrogen-bond acceptors (Lipinski definition) is 3. The van der Waals surface area contributed by atoms with Gasteiger partial charge in [-0.15, -0.1) is 17.8 Å². The maximum Gasteiger partial charge on any atom is 0.303 e. The third-order valence-corrected chi connectivity index (χ3v) is 5.57. The quantitative estimate of drug-likeness (QED) is 0.816. The fourth-order valence-corrected chi connectivity index (χ4v) is 4.20. The van der Waals surface area contributed by atoms with Crippen molar-refractivity contribution < 1.29 is 9.59 Å².